The van der Waals surface area contributed by atoms with Crippen LogP contribution in [-0.4, -0.2) is 30.0 Å². The number of amidine groups is 1. The van der Waals surface area contributed by atoms with Gasteiger partial charge < -0.3 is 5.73 Å². The van der Waals surface area contributed by atoms with Crippen LogP contribution in [0.4, 0.5) is 0 Å². The van der Waals surface area contributed by atoms with Gasteiger partial charge in [-0.05, 0) is 13.8 Å². The first kappa shape index (κ1) is 11.7. The van der Waals surface area contributed by atoms with E-state index in [0.29, 0.717) is 0 Å². The van der Waals surface area contributed by atoms with Gasteiger partial charge in [-0.25, -0.2) is 8.42 Å². The van der Waals surface area contributed by atoms with Gasteiger partial charge in [0, 0.05) is 6.20 Å². The highest BCUT2D eigenvalue weighted by Gasteiger charge is 2.29. The van der Waals surface area contributed by atoms with E-state index in [1.165, 1.54) is 26.2 Å². The molecular formula is C7H13N5O2S. The van der Waals surface area contributed by atoms with Crippen molar-refractivity contribution in [3.05, 3.63) is 12.4 Å². The summed E-state index contributed by atoms with van der Waals surface area (Å²) in [6, 6.07) is 0. The number of nitrogens with two attached hydrogens (primary N) is 1. The van der Waals surface area contributed by atoms with Crippen LogP contribution in [-0.2, 0) is 10.0 Å². The second-order valence-corrected chi connectivity index (χ2v) is 5.26. The van der Waals surface area contributed by atoms with Crippen LogP contribution in [0.1, 0.15) is 13.8 Å². The van der Waals surface area contributed by atoms with Crippen LogP contribution < -0.4 is 10.5 Å². The zero-order valence-corrected chi connectivity index (χ0v) is 9.22. The van der Waals surface area contributed by atoms with E-state index < -0.39 is 15.6 Å². The molecule has 0 saturated heterocycles. The van der Waals surface area contributed by atoms with Crippen LogP contribution in [0.15, 0.2) is 17.3 Å². The number of hydrogen-bond donors (Lipinski definition) is 4. The minimum atomic E-state index is -3.68. The molecule has 1 rings (SSSR count). The van der Waals surface area contributed by atoms with Gasteiger partial charge in [0.1, 0.15) is 10.7 Å². The van der Waals surface area contributed by atoms with Crippen molar-refractivity contribution in [2.45, 2.75) is 24.3 Å². The Hall–Kier alpha value is -1.41. The smallest absolute Gasteiger partial charge is 0.244 e. The Morgan fingerprint density at radius 1 is 1.67 bits per heavy atom. The standard InChI is InChI=1S/C7H13N5O2S/c1-7(2,6(8)9)12-15(13,14)5-3-10-11-4-5/h3-4,12H,1-2H3,(H3,8,9)(H,10,11). The highest BCUT2D eigenvalue weighted by atomic mass is 32.2. The lowest BCUT2D eigenvalue weighted by Crippen LogP contribution is -2.52. The first-order valence-corrected chi connectivity index (χ1v) is 5.61. The van der Waals surface area contributed by atoms with Gasteiger partial charge in [0.15, 0.2) is 0 Å². The zero-order valence-electron chi connectivity index (χ0n) is 8.40. The monoisotopic (exact) mass is 231 g/mol. The molecule has 1 aromatic heterocycles. The maximum absolute atomic E-state index is 11.7. The molecule has 0 aliphatic heterocycles. The van der Waals surface area contributed by atoms with Crippen molar-refractivity contribution in [3.63, 3.8) is 0 Å². The molecule has 0 amide bonds. The molecule has 0 spiro atoms. The van der Waals surface area contributed by atoms with Gasteiger partial charge in [-0.1, -0.05) is 0 Å². The topological polar surface area (TPSA) is 125 Å². The summed E-state index contributed by atoms with van der Waals surface area (Å²) < 4.78 is 25.7. The molecule has 7 nitrogen and oxygen atoms in total. The van der Waals surface area contributed by atoms with Crippen LogP contribution in [0, 0.1) is 5.41 Å². The van der Waals surface area contributed by atoms with E-state index in [4.69, 9.17) is 11.1 Å². The number of H-pyrrole nitrogens is 1. The average Bonchev–Trinajstić information content (AvgIpc) is 2.53. The number of hydrogen-bond acceptors (Lipinski definition) is 4. The second kappa shape index (κ2) is 3.63. The van der Waals surface area contributed by atoms with Gasteiger partial charge >= 0.3 is 0 Å². The molecule has 0 radical (unpaired) electrons. The maximum Gasteiger partial charge on any atom is 0.244 e. The summed E-state index contributed by atoms with van der Waals surface area (Å²) >= 11 is 0. The first-order chi connectivity index (χ1) is 6.76. The first-order valence-electron chi connectivity index (χ1n) is 4.13. The van der Waals surface area contributed by atoms with Crippen molar-refractivity contribution >= 4 is 15.9 Å². The van der Waals surface area contributed by atoms with Crippen molar-refractivity contribution in [2.75, 3.05) is 0 Å². The zero-order chi connectivity index (χ0) is 11.7. The number of nitrogens with zero attached hydrogens (tertiary/aromatic N) is 1. The Balaban J connectivity index is 2.97. The lowest BCUT2D eigenvalue weighted by Gasteiger charge is -2.23. The molecule has 0 aliphatic carbocycles. The molecule has 0 unspecified atom stereocenters. The molecule has 0 bridgehead atoms. The van der Waals surface area contributed by atoms with E-state index in [9.17, 15) is 8.42 Å². The van der Waals surface area contributed by atoms with Gasteiger partial charge in [-0.15, -0.1) is 0 Å². The molecule has 1 aromatic rings. The van der Waals surface area contributed by atoms with Crippen molar-refractivity contribution in [1.29, 1.82) is 5.41 Å². The molecule has 0 atom stereocenters. The number of aromatic nitrogens is 2. The highest BCUT2D eigenvalue weighted by molar-refractivity contribution is 7.89. The number of rotatable bonds is 4. The third kappa shape index (κ3) is 2.54. The normalized spacial score (nSPS) is 12.7. The van der Waals surface area contributed by atoms with Crippen molar-refractivity contribution < 1.29 is 8.42 Å². The lowest BCUT2D eigenvalue weighted by molar-refractivity contribution is 0.542. The van der Waals surface area contributed by atoms with Gasteiger partial charge in [-0.2, -0.15) is 9.82 Å². The average molecular weight is 231 g/mol. The Labute approximate surface area is 87.6 Å². The van der Waals surface area contributed by atoms with E-state index in [1.54, 1.807) is 0 Å². The third-order valence-corrected chi connectivity index (χ3v) is 3.47. The van der Waals surface area contributed by atoms with Crippen molar-refractivity contribution in [1.82, 2.24) is 14.9 Å². The SMILES string of the molecule is CC(C)(NS(=O)(=O)c1cn[nH]c1)C(=N)N. The van der Waals surface area contributed by atoms with Gasteiger partial charge in [0.25, 0.3) is 0 Å². The minimum Gasteiger partial charge on any atom is -0.386 e. The summed E-state index contributed by atoms with van der Waals surface area (Å²) in [5.41, 5.74) is 4.15. The van der Waals surface area contributed by atoms with Gasteiger partial charge in [0.05, 0.1) is 11.7 Å². The van der Waals surface area contributed by atoms with Crippen LogP contribution in [0.25, 0.3) is 0 Å². The Morgan fingerprint density at radius 2 is 2.27 bits per heavy atom. The number of aromatic amines is 1. The summed E-state index contributed by atoms with van der Waals surface area (Å²) in [6.45, 7) is 3.01. The van der Waals surface area contributed by atoms with E-state index in [2.05, 4.69) is 14.9 Å². The van der Waals surface area contributed by atoms with Crippen molar-refractivity contribution in [2.24, 2.45) is 5.73 Å². The molecule has 0 saturated carbocycles. The fraction of sp³-hybridized carbons (Fsp3) is 0.429. The van der Waals surface area contributed by atoms with Crippen LogP contribution >= 0.6 is 0 Å². The summed E-state index contributed by atoms with van der Waals surface area (Å²) in [6.07, 6.45) is 2.43. The van der Waals surface area contributed by atoms with Crippen LogP contribution in [0.5, 0.6) is 0 Å². The van der Waals surface area contributed by atoms with Gasteiger partial charge in [-0.3, -0.25) is 10.5 Å². The van der Waals surface area contributed by atoms with Crippen LogP contribution in [0.2, 0.25) is 0 Å². The molecule has 8 heteroatoms. The molecule has 84 valence electrons. The van der Waals surface area contributed by atoms with E-state index >= 15 is 0 Å². The predicted octanol–water partition coefficient (Wildman–Crippen LogP) is -0.597. The van der Waals surface area contributed by atoms with Crippen molar-refractivity contribution in [3.8, 4) is 0 Å². The lowest BCUT2D eigenvalue weighted by atomic mass is 10.1. The van der Waals surface area contributed by atoms with E-state index in [-0.39, 0.29) is 10.7 Å². The Kier molecular flexibility index (Phi) is 2.82. The molecular weight excluding hydrogens is 218 g/mol. The minimum absolute atomic E-state index is 0.0109. The summed E-state index contributed by atoms with van der Waals surface area (Å²) in [5, 5.41) is 13.2. The molecule has 1 heterocycles. The molecule has 0 aliphatic rings. The number of sulfonamides is 1. The number of nitrogens with one attached hydrogen (secondary N) is 3. The summed E-state index contributed by atoms with van der Waals surface area (Å²) in [4.78, 5) is 0.0109. The molecule has 5 N–H and O–H groups in total. The van der Waals surface area contributed by atoms with Crippen LogP contribution in [0.3, 0.4) is 0 Å². The predicted molar refractivity (Wildman–Crippen MR) is 54.9 cm³/mol. The Morgan fingerprint density at radius 3 is 2.67 bits per heavy atom. The second-order valence-electron chi connectivity index (χ2n) is 3.58. The van der Waals surface area contributed by atoms with E-state index in [0.717, 1.165) is 0 Å². The Bertz CT molecular complexity index is 448. The highest BCUT2D eigenvalue weighted by Crippen LogP contribution is 2.10. The largest absolute Gasteiger partial charge is 0.386 e. The van der Waals surface area contributed by atoms with E-state index in [1.807, 2.05) is 0 Å². The molecule has 15 heavy (non-hydrogen) atoms. The fourth-order valence-corrected chi connectivity index (χ4v) is 2.13. The molecule has 0 fully saturated rings. The maximum atomic E-state index is 11.7. The summed E-state index contributed by atoms with van der Waals surface area (Å²) in [7, 11) is -3.68. The molecule has 0 aromatic carbocycles. The summed E-state index contributed by atoms with van der Waals surface area (Å²) in [5.74, 6) is -0.255. The third-order valence-electron chi connectivity index (χ3n) is 1.85. The fourth-order valence-electron chi connectivity index (χ4n) is 0.836. The quantitative estimate of drug-likeness (QED) is 0.408. The van der Waals surface area contributed by atoms with Gasteiger partial charge in [0.2, 0.25) is 10.0 Å².